The van der Waals surface area contributed by atoms with E-state index in [2.05, 4.69) is 0 Å². The van der Waals surface area contributed by atoms with E-state index in [1.54, 1.807) is 0 Å². The predicted octanol–water partition coefficient (Wildman–Crippen LogP) is -1.84. The zero-order chi connectivity index (χ0) is 0. The fraction of sp³-hybridized carbons (Fsp3) is 0. The van der Waals surface area contributed by atoms with Crippen molar-refractivity contribution in [1.29, 1.82) is 0 Å². The zero-order valence-corrected chi connectivity index (χ0v) is 4.08. The molecule has 0 saturated heterocycles. The molecule has 0 saturated carbocycles. The topological polar surface area (TPSA) is 0 Å². The van der Waals surface area contributed by atoms with Crippen LogP contribution in [0, 0.1) is 0 Å². The molecule has 0 aliphatic rings. The van der Waals surface area contributed by atoms with E-state index in [0.29, 0.717) is 0 Å². The minimum absolute atomic E-state index is 0. The molecule has 0 unspecified atom stereocenters. The van der Waals surface area contributed by atoms with Crippen molar-refractivity contribution in [3.8, 4) is 0 Å². The van der Waals surface area contributed by atoms with E-state index in [9.17, 15) is 0 Å². The molecule has 0 N–H and O–H groups in total. The first-order valence-corrected chi connectivity index (χ1v) is 0. The summed E-state index contributed by atoms with van der Waals surface area (Å²) in [5, 5.41) is 0. The van der Waals surface area contributed by atoms with Gasteiger partial charge in [0.2, 0.25) is 0 Å². The van der Waals surface area contributed by atoms with Gasteiger partial charge in [-0.1, -0.05) is 0 Å². The third-order valence-corrected chi connectivity index (χ3v) is 0. The first-order chi connectivity index (χ1) is 0. The molecule has 0 aromatic rings. The summed E-state index contributed by atoms with van der Waals surface area (Å²) < 4.78 is 0. The maximum atomic E-state index is 0. The van der Waals surface area contributed by atoms with Crippen molar-refractivity contribution in [2.45, 2.75) is 0 Å². The van der Waals surface area contributed by atoms with Crippen LogP contribution in [0.25, 0.3) is 0 Å². The predicted molar refractivity (Wildman–Crippen MR) is 17.1 cm³/mol. The van der Waals surface area contributed by atoms with Gasteiger partial charge in [-0.2, -0.15) is 0 Å². The Morgan fingerprint density at radius 1 is 1.00 bits per heavy atom. The van der Waals surface area contributed by atoms with Crippen molar-refractivity contribution in [2.24, 2.45) is 0 Å². The Labute approximate surface area is 86.1 Å². The molecule has 36 valence electrons. The van der Waals surface area contributed by atoms with Gasteiger partial charge in [-0.05, 0) is 0 Å². The molecule has 0 aromatic heterocycles. The summed E-state index contributed by atoms with van der Waals surface area (Å²) >= 11 is 0. The van der Waals surface area contributed by atoms with Gasteiger partial charge in [-0.15, -0.1) is 0 Å². The van der Waals surface area contributed by atoms with Crippen molar-refractivity contribution < 1.29 is 50.9 Å². The normalized spacial score (nSPS) is 0. The van der Waals surface area contributed by atoms with E-state index in [-0.39, 0.29) is 87.1 Å². The molecule has 0 rings (SSSR count). The van der Waals surface area contributed by atoms with Gasteiger partial charge >= 0.3 is 18.9 Å². The second-order valence-corrected chi connectivity index (χ2v) is 0. The summed E-state index contributed by atoms with van der Waals surface area (Å²) in [5.74, 6) is 0. The monoisotopic (exact) mass is 216 g/mol. The summed E-state index contributed by atoms with van der Waals surface area (Å²) in [7, 11) is 0. The minimum atomic E-state index is 0. The number of hydrogen-bond acceptors (Lipinski definition) is 0. The fourth-order valence-electron chi connectivity index (χ4n) is 0. The van der Waals surface area contributed by atoms with Gasteiger partial charge in [-0.25, -0.2) is 0 Å². The second kappa shape index (κ2) is 30.0. The summed E-state index contributed by atoms with van der Waals surface area (Å²) in [6.45, 7) is 0. The quantitative estimate of drug-likeness (QED) is 0.418. The van der Waals surface area contributed by atoms with Gasteiger partial charge in [0.25, 0.3) is 0 Å². The standard InChI is InChI=1S/Al.Co.Cu.Fe.Li.4H. The first-order valence-electron chi connectivity index (χ1n) is 0. The molecule has 0 amide bonds. The van der Waals surface area contributed by atoms with Crippen molar-refractivity contribution in [3.63, 3.8) is 0 Å². The Morgan fingerprint density at radius 3 is 1.00 bits per heavy atom. The van der Waals surface area contributed by atoms with Gasteiger partial charge in [0.15, 0.2) is 17.4 Å². The summed E-state index contributed by atoms with van der Waals surface area (Å²) in [5.41, 5.74) is 0. The Morgan fingerprint density at radius 2 is 1.00 bits per heavy atom. The van der Waals surface area contributed by atoms with Crippen LogP contribution in [-0.2, 0) is 50.9 Å². The van der Waals surface area contributed by atoms with Crippen LogP contribution in [-0.4, -0.2) is 36.2 Å². The molecule has 2 radical (unpaired) electrons. The third-order valence-electron chi connectivity index (χ3n) is 0. The molecule has 0 aliphatic carbocycles. The second-order valence-electron chi connectivity index (χ2n) is 0. The van der Waals surface area contributed by atoms with E-state index < -0.39 is 0 Å². The van der Waals surface area contributed by atoms with Crippen LogP contribution < -0.4 is 0 Å². The van der Waals surface area contributed by atoms with Crippen molar-refractivity contribution in [1.82, 2.24) is 0 Å². The number of hydrogen-bond donors (Lipinski definition) is 0. The Hall–Kier alpha value is 2.68. The molecule has 0 spiro atoms. The molecule has 0 heterocycles. The molecule has 0 aliphatic heterocycles. The average Bonchev–Trinajstić information content (AvgIpc) is 0. The van der Waals surface area contributed by atoms with Crippen molar-refractivity contribution in [3.05, 3.63) is 0 Å². The van der Waals surface area contributed by atoms with E-state index >= 15 is 0 Å². The van der Waals surface area contributed by atoms with Crippen molar-refractivity contribution in [2.75, 3.05) is 0 Å². The van der Waals surface area contributed by atoms with Crippen LogP contribution in [0.15, 0.2) is 0 Å². The van der Waals surface area contributed by atoms with Gasteiger partial charge in [0.1, 0.15) is 0 Å². The summed E-state index contributed by atoms with van der Waals surface area (Å²) in [6, 6.07) is 0. The molecule has 0 aromatic carbocycles. The van der Waals surface area contributed by atoms with Crippen LogP contribution in [0.5, 0.6) is 0 Å². The average molecular weight is 216 g/mol. The zero-order valence-electron chi connectivity index (χ0n) is 0.988. The fourth-order valence-corrected chi connectivity index (χ4v) is 0. The summed E-state index contributed by atoms with van der Waals surface area (Å²) in [6.07, 6.45) is 0. The van der Waals surface area contributed by atoms with Gasteiger partial charge in [0, 0.05) is 50.9 Å². The molecule has 0 atom stereocenters. The molecule has 0 fully saturated rings. The molecule has 0 nitrogen and oxygen atoms in total. The Bertz CT molecular complexity index is 11.6. The number of rotatable bonds is 0. The molecule has 5 heavy (non-hydrogen) atoms. The van der Waals surface area contributed by atoms with E-state index in [1.807, 2.05) is 0 Å². The summed E-state index contributed by atoms with van der Waals surface area (Å²) in [4.78, 5) is 0. The molecular weight excluding hydrogens is 212 g/mol. The van der Waals surface area contributed by atoms with Crippen LogP contribution in [0.4, 0.5) is 0 Å². The van der Waals surface area contributed by atoms with Crippen LogP contribution in [0.3, 0.4) is 0 Å². The van der Waals surface area contributed by atoms with Crippen LogP contribution in [0.2, 0.25) is 0 Å². The third kappa shape index (κ3) is 20.4. The van der Waals surface area contributed by atoms with E-state index in [4.69, 9.17) is 0 Å². The van der Waals surface area contributed by atoms with Crippen molar-refractivity contribution >= 4 is 36.2 Å². The SMILES string of the molecule is [AlH3].[Co].[Cu].[Fe].[LiH]. The van der Waals surface area contributed by atoms with Crippen LogP contribution in [0.1, 0.15) is 0 Å². The van der Waals surface area contributed by atoms with Crippen LogP contribution >= 0.6 is 0 Å². The molecular formula is H4AlCoCuFeLi. The van der Waals surface area contributed by atoms with E-state index in [1.165, 1.54) is 0 Å². The van der Waals surface area contributed by atoms with Gasteiger partial charge < -0.3 is 0 Å². The molecule has 5 heteroatoms. The maximum absolute atomic E-state index is 0. The first kappa shape index (κ1) is 47.8. The Balaban J connectivity index is 0. The van der Waals surface area contributed by atoms with Gasteiger partial charge in [-0.3, -0.25) is 0 Å². The van der Waals surface area contributed by atoms with E-state index in [0.717, 1.165) is 0 Å². The Kier molecular flexibility index (Phi) is 287. The molecule has 0 bridgehead atoms. The van der Waals surface area contributed by atoms with Gasteiger partial charge in [0.05, 0.1) is 0 Å².